The van der Waals surface area contributed by atoms with Crippen molar-refractivity contribution >= 4 is 23.0 Å². The summed E-state index contributed by atoms with van der Waals surface area (Å²) in [6.45, 7) is 11.3. The van der Waals surface area contributed by atoms with Crippen LogP contribution in [-0.4, -0.2) is 22.7 Å². The fraction of sp³-hybridized carbons (Fsp3) is 0.462. The maximum Gasteiger partial charge on any atom is 0.407 e. The first-order valence-corrected chi connectivity index (χ1v) is 11.9. The number of rotatable bonds is 5. The number of nitrogens with one attached hydrogen (secondary N) is 1. The summed E-state index contributed by atoms with van der Waals surface area (Å²) in [6, 6.07) is 14.1. The van der Waals surface area contributed by atoms with Crippen molar-refractivity contribution in [3.8, 4) is 11.1 Å². The average Bonchev–Trinajstić information content (AvgIpc) is 3.34. The molecule has 180 valence electrons. The van der Waals surface area contributed by atoms with Crippen LogP contribution in [0.15, 0.2) is 47.4 Å². The van der Waals surface area contributed by atoms with Gasteiger partial charge in [-0.25, -0.2) is 13.6 Å². The second-order valence-corrected chi connectivity index (χ2v) is 10.4. The van der Waals surface area contributed by atoms with Crippen molar-refractivity contribution in [2.24, 2.45) is 5.92 Å². The number of hydrogen-bond acceptors (Lipinski definition) is 4. The summed E-state index contributed by atoms with van der Waals surface area (Å²) in [5.74, 6) is -2.57. The number of ether oxygens (including phenoxy) is 1. The molecular formula is C26H33F2NO3S. The molecule has 0 aliphatic heterocycles. The zero-order chi connectivity index (χ0) is 24.8. The minimum absolute atomic E-state index is 0.0700. The number of alkyl carbamates (subject to hydrolysis) is 1. The molecule has 33 heavy (non-hydrogen) atoms. The highest BCUT2D eigenvalue weighted by atomic mass is 32.2. The topological polar surface area (TPSA) is 55.4 Å². The van der Waals surface area contributed by atoms with Gasteiger partial charge in [-0.2, -0.15) is 0 Å². The van der Waals surface area contributed by atoms with Gasteiger partial charge in [0.05, 0.1) is 0 Å². The van der Waals surface area contributed by atoms with Crippen molar-refractivity contribution < 1.29 is 23.1 Å². The van der Waals surface area contributed by atoms with Crippen molar-refractivity contribution in [2.45, 2.75) is 77.3 Å². The standard InChI is InChI=1S/C21H25NO3S.C5H8F2/c1-14-9-10-18(12-19(14)26-15(2)23)17-8-6-7-16(11-17)13-22-20(24)25-21(3,4)5;1-2-4-3-5(4,6)7/h6-12H,13H2,1-5H3,(H,22,24);4H,2-3H2,1H3. The number of benzene rings is 2. The molecule has 0 spiro atoms. The molecule has 1 fully saturated rings. The highest BCUT2D eigenvalue weighted by Crippen LogP contribution is 2.50. The van der Waals surface area contributed by atoms with Crippen LogP contribution in [0.4, 0.5) is 13.6 Å². The fourth-order valence-electron chi connectivity index (χ4n) is 3.11. The molecule has 0 saturated heterocycles. The molecule has 1 amide bonds. The number of carbonyl (C=O) groups is 2. The van der Waals surface area contributed by atoms with Gasteiger partial charge in [0.25, 0.3) is 5.92 Å². The minimum Gasteiger partial charge on any atom is -0.444 e. The van der Waals surface area contributed by atoms with E-state index in [1.807, 2.05) is 70.2 Å². The summed E-state index contributed by atoms with van der Waals surface area (Å²) in [6.07, 6.45) is 0.328. The molecule has 1 unspecified atom stereocenters. The Labute approximate surface area is 199 Å². The molecule has 0 bridgehead atoms. The highest BCUT2D eigenvalue weighted by molar-refractivity contribution is 8.13. The Morgan fingerprint density at radius 2 is 1.79 bits per heavy atom. The number of hydrogen-bond donors (Lipinski definition) is 1. The number of amides is 1. The lowest BCUT2D eigenvalue weighted by molar-refractivity contribution is -0.109. The van der Waals surface area contributed by atoms with Gasteiger partial charge in [-0.15, -0.1) is 0 Å². The maximum atomic E-state index is 11.8. The number of alkyl halides is 2. The van der Waals surface area contributed by atoms with E-state index in [1.54, 1.807) is 13.8 Å². The Morgan fingerprint density at radius 3 is 2.30 bits per heavy atom. The lowest BCUT2D eigenvalue weighted by Gasteiger charge is -2.19. The molecule has 1 aliphatic rings. The normalized spacial score (nSPS) is 16.3. The first-order valence-electron chi connectivity index (χ1n) is 11.0. The zero-order valence-corrected chi connectivity index (χ0v) is 20.9. The van der Waals surface area contributed by atoms with Gasteiger partial charge in [0.2, 0.25) is 0 Å². The lowest BCUT2D eigenvalue weighted by Crippen LogP contribution is -2.32. The highest BCUT2D eigenvalue weighted by Gasteiger charge is 2.55. The minimum atomic E-state index is -2.28. The number of aryl methyl sites for hydroxylation is 1. The second kappa shape index (κ2) is 11.1. The van der Waals surface area contributed by atoms with Crippen LogP contribution < -0.4 is 5.32 Å². The van der Waals surface area contributed by atoms with Crippen LogP contribution in [0.5, 0.6) is 0 Å². The van der Waals surface area contributed by atoms with E-state index < -0.39 is 17.6 Å². The predicted octanol–water partition coefficient (Wildman–Crippen LogP) is 7.38. The van der Waals surface area contributed by atoms with Gasteiger partial charge in [-0.05, 0) is 68.5 Å². The Hall–Kier alpha value is -2.41. The molecule has 2 aromatic rings. The Morgan fingerprint density at radius 1 is 1.15 bits per heavy atom. The van der Waals surface area contributed by atoms with Crippen LogP contribution in [0.25, 0.3) is 11.1 Å². The molecule has 4 nitrogen and oxygen atoms in total. The largest absolute Gasteiger partial charge is 0.444 e. The molecule has 2 aromatic carbocycles. The SMILES string of the molecule is CC(=O)Sc1cc(-c2cccc(CNC(=O)OC(C)(C)C)c2)ccc1C.CCC1CC1(F)F. The maximum absolute atomic E-state index is 11.8. The number of thioether (sulfide) groups is 1. The van der Waals surface area contributed by atoms with Crippen LogP contribution >= 0.6 is 11.8 Å². The number of carbonyl (C=O) groups excluding carboxylic acids is 2. The van der Waals surface area contributed by atoms with Gasteiger partial charge in [0, 0.05) is 30.7 Å². The fourth-order valence-corrected chi connectivity index (χ4v) is 3.83. The van der Waals surface area contributed by atoms with Crippen molar-refractivity contribution in [1.29, 1.82) is 0 Å². The molecule has 0 heterocycles. The van der Waals surface area contributed by atoms with E-state index in [-0.39, 0.29) is 17.5 Å². The monoisotopic (exact) mass is 477 g/mol. The third-order valence-corrected chi connectivity index (χ3v) is 5.93. The van der Waals surface area contributed by atoms with Crippen LogP contribution in [0.1, 0.15) is 58.6 Å². The molecule has 1 atom stereocenters. The predicted molar refractivity (Wildman–Crippen MR) is 130 cm³/mol. The molecule has 1 saturated carbocycles. The summed E-state index contributed by atoms with van der Waals surface area (Å²) in [4.78, 5) is 24.2. The van der Waals surface area contributed by atoms with Gasteiger partial charge in [-0.1, -0.05) is 49.0 Å². The number of halogens is 2. The Kier molecular flexibility index (Phi) is 9.06. The van der Waals surface area contributed by atoms with Crippen LogP contribution in [0, 0.1) is 12.8 Å². The van der Waals surface area contributed by atoms with Gasteiger partial charge < -0.3 is 10.1 Å². The van der Waals surface area contributed by atoms with Crippen LogP contribution in [0.3, 0.4) is 0 Å². The van der Waals surface area contributed by atoms with Crippen molar-refractivity contribution in [3.05, 3.63) is 53.6 Å². The smallest absolute Gasteiger partial charge is 0.407 e. The lowest BCUT2D eigenvalue weighted by atomic mass is 10.0. The molecule has 0 aromatic heterocycles. The average molecular weight is 478 g/mol. The van der Waals surface area contributed by atoms with E-state index in [9.17, 15) is 18.4 Å². The molecule has 3 rings (SSSR count). The summed E-state index contributed by atoms with van der Waals surface area (Å²) in [5.41, 5.74) is 3.63. The van der Waals surface area contributed by atoms with E-state index in [2.05, 4.69) is 5.32 Å². The van der Waals surface area contributed by atoms with Gasteiger partial charge in [0.1, 0.15) is 5.60 Å². The molecular weight excluding hydrogens is 444 g/mol. The molecule has 7 heteroatoms. The van der Waals surface area contributed by atoms with E-state index in [4.69, 9.17) is 4.74 Å². The van der Waals surface area contributed by atoms with Crippen LogP contribution in [-0.2, 0) is 16.1 Å². The summed E-state index contributed by atoms with van der Waals surface area (Å²) >= 11 is 1.25. The molecule has 1 aliphatic carbocycles. The van der Waals surface area contributed by atoms with Crippen molar-refractivity contribution in [2.75, 3.05) is 0 Å². The summed E-state index contributed by atoms with van der Waals surface area (Å²) < 4.78 is 28.8. The third kappa shape index (κ3) is 9.16. The molecule has 0 radical (unpaired) electrons. The van der Waals surface area contributed by atoms with E-state index in [0.29, 0.717) is 13.0 Å². The first-order chi connectivity index (χ1) is 15.3. The van der Waals surface area contributed by atoms with Gasteiger partial charge in [-0.3, -0.25) is 4.79 Å². The summed E-state index contributed by atoms with van der Waals surface area (Å²) in [7, 11) is 0. The van der Waals surface area contributed by atoms with E-state index >= 15 is 0 Å². The third-order valence-electron chi connectivity index (χ3n) is 4.99. The van der Waals surface area contributed by atoms with Crippen LogP contribution in [0.2, 0.25) is 0 Å². The zero-order valence-electron chi connectivity index (χ0n) is 20.1. The van der Waals surface area contributed by atoms with Gasteiger partial charge >= 0.3 is 6.09 Å². The van der Waals surface area contributed by atoms with Crippen molar-refractivity contribution in [1.82, 2.24) is 5.32 Å². The quantitative estimate of drug-likeness (QED) is 0.457. The van der Waals surface area contributed by atoms with E-state index in [0.717, 1.165) is 27.1 Å². The van der Waals surface area contributed by atoms with Gasteiger partial charge in [0.15, 0.2) is 5.12 Å². The first kappa shape index (κ1) is 26.8. The Balaban J connectivity index is 0.000000468. The summed E-state index contributed by atoms with van der Waals surface area (Å²) in [5, 5.41) is 2.84. The molecule has 1 N–H and O–H groups in total. The second-order valence-electron chi connectivity index (χ2n) is 9.20. The van der Waals surface area contributed by atoms with Crippen molar-refractivity contribution in [3.63, 3.8) is 0 Å². The van der Waals surface area contributed by atoms with E-state index in [1.165, 1.54) is 11.8 Å². The Bertz CT molecular complexity index is 986.